The lowest BCUT2D eigenvalue weighted by Crippen LogP contribution is -2.54. The van der Waals surface area contributed by atoms with Gasteiger partial charge in [0.1, 0.15) is 5.57 Å². The van der Waals surface area contributed by atoms with E-state index in [0.29, 0.717) is 8.47 Å². The number of barbiturate groups is 1. The smallest absolute Gasteiger partial charge is 0.335 e. The van der Waals surface area contributed by atoms with E-state index >= 15 is 0 Å². The monoisotopic (exact) mass is 675 g/mol. The number of ether oxygens (including phenoxy) is 2. The summed E-state index contributed by atoms with van der Waals surface area (Å²) in [6.07, 6.45) is 1.17. The van der Waals surface area contributed by atoms with E-state index in [0.717, 1.165) is 30.3 Å². The number of nitro benzene ring substituents is 3. The number of carbonyl (C=O) groups is 3. The third-order valence-electron chi connectivity index (χ3n) is 5.55. The number of imide groups is 2. The van der Waals surface area contributed by atoms with Gasteiger partial charge < -0.3 is 9.47 Å². The van der Waals surface area contributed by atoms with Gasteiger partial charge in [-0.3, -0.25) is 45.2 Å². The van der Waals surface area contributed by atoms with Crippen LogP contribution in [-0.4, -0.2) is 39.7 Å². The van der Waals surface area contributed by atoms with Gasteiger partial charge in [-0.25, -0.2) is 9.69 Å². The molecule has 208 valence electrons. The number of hydrogen-bond acceptors (Lipinski definition) is 11. The van der Waals surface area contributed by atoms with Gasteiger partial charge in [0.05, 0.1) is 37.2 Å². The van der Waals surface area contributed by atoms with Gasteiger partial charge in [0, 0.05) is 18.2 Å². The average Bonchev–Trinajstić information content (AvgIpc) is 2.92. The maximum atomic E-state index is 13.2. The van der Waals surface area contributed by atoms with Crippen molar-refractivity contribution in [2.45, 2.75) is 0 Å². The molecule has 1 aliphatic rings. The number of urea groups is 1. The molecule has 1 heterocycles. The van der Waals surface area contributed by atoms with Crippen molar-refractivity contribution >= 4 is 69.3 Å². The lowest BCUT2D eigenvalue weighted by molar-refractivity contribution is -0.394. The van der Waals surface area contributed by atoms with Gasteiger partial charge in [-0.1, -0.05) is 0 Å². The van der Waals surface area contributed by atoms with E-state index in [-0.39, 0.29) is 34.2 Å². The topological polar surface area (TPSA) is 214 Å². The van der Waals surface area contributed by atoms with Gasteiger partial charge in [-0.2, -0.15) is 0 Å². The van der Waals surface area contributed by atoms with Gasteiger partial charge in [-0.05, 0) is 64.6 Å². The summed E-state index contributed by atoms with van der Waals surface area (Å²) in [5.74, 6) is -2.25. The first-order valence-electron chi connectivity index (χ1n) is 11.1. The standard InChI is InChI=1S/C24H14IN5O11/c1-40-20-10-12(9-17(25)21(20)41-19-7-6-15(29(36)37)11-18(19)30(38)39)8-16-22(31)26-24(33)27(23(16)32)13-2-4-14(5-3-13)28(34)35/h2-11H,1H3,(H,26,31,33)/b16-8+. The summed E-state index contributed by atoms with van der Waals surface area (Å²) >= 11 is 1.82. The Labute approximate surface area is 241 Å². The van der Waals surface area contributed by atoms with Crippen LogP contribution in [-0.2, 0) is 9.59 Å². The van der Waals surface area contributed by atoms with Crippen LogP contribution in [0.5, 0.6) is 17.2 Å². The van der Waals surface area contributed by atoms with Crippen LogP contribution in [0.25, 0.3) is 6.08 Å². The van der Waals surface area contributed by atoms with Gasteiger partial charge in [-0.15, -0.1) is 0 Å². The molecule has 0 aromatic heterocycles. The van der Waals surface area contributed by atoms with Crippen LogP contribution in [0.15, 0.2) is 60.2 Å². The fourth-order valence-corrected chi connectivity index (χ4v) is 4.40. The van der Waals surface area contributed by atoms with Gasteiger partial charge >= 0.3 is 11.7 Å². The molecule has 4 amide bonds. The van der Waals surface area contributed by atoms with E-state index in [4.69, 9.17) is 9.47 Å². The van der Waals surface area contributed by atoms with E-state index in [1.807, 2.05) is 27.9 Å². The minimum Gasteiger partial charge on any atom is -0.493 e. The highest BCUT2D eigenvalue weighted by molar-refractivity contribution is 14.1. The van der Waals surface area contributed by atoms with E-state index < -0.39 is 49.6 Å². The number of anilines is 1. The van der Waals surface area contributed by atoms with E-state index in [1.54, 1.807) is 0 Å². The van der Waals surface area contributed by atoms with Crippen molar-refractivity contribution in [2.24, 2.45) is 0 Å². The fraction of sp³-hybridized carbons (Fsp3) is 0.0417. The predicted octanol–water partition coefficient (Wildman–Crippen LogP) is 4.48. The quantitative estimate of drug-likeness (QED) is 0.115. The normalized spacial score (nSPS) is 14.0. The maximum Gasteiger partial charge on any atom is 0.335 e. The number of methoxy groups -OCH3 is 1. The summed E-state index contributed by atoms with van der Waals surface area (Å²) in [4.78, 5) is 70.0. The summed E-state index contributed by atoms with van der Waals surface area (Å²) in [6, 6.07) is 9.16. The first-order chi connectivity index (χ1) is 19.4. The summed E-state index contributed by atoms with van der Waals surface area (Å²) in [7, 11) is 1.27. The lowest BCUT2D eigenvalue weighted by atomic mass is 10.1. The number of carbonyl (C=O) groups excluding carboxylic acids is 3. The second-order valence-corrected chi connectivity index (χ2v) is 9.20. The van der Waals surface area contributed by atoms with Crippen LogP contribution in [0, 0.1) is 33.9 Å². The molecule has 1 saturated heterocycles. The summed E-state index contributed by atoms with van der Waals surface area (Å²) in [6.45, 7) is 0. The predicted molar refractivity (Wildman–Crippen MR) is 148 cm³/mol. The number of halogens is 1. The minimum absolute atomic E-state index is 0.00862. The molecule has 0 unspecified atom stereocenters. The third-order valence-corrected chi connectivity index (χ3v) is 6.35. The molecule has 3 aromatic carbocycles. The molecule has 0 bridgehead atoms. The molecule has 1 fully saturated rings. The highest BCUT2D eigenvalue weighted by Gasteiger charge is 2.37. The summed E-state index contributed by atoms with van der Waals surface area (Å²) in [5.41, 5.74) is -1.66. The number of nitro groups is 3. The zero-order valence-electron chi connectivity index (χ0n) is 20.4. The van der Waals surface area contributed by atoms with Crippen molar-refractivity contribution in [3.05, 3.63) is 99.6 Å². The Morgan fingerprint density at radius 3 is 2.07 bits per heavy atom. The molecule has 0 saturated carbocycles. The van der Waals surface area contributed by atoms with Crippen LogP contribution < -0.4 is 19.7 Å². The minimum atomic E-state index is -1.05. The first kappa shape index (κ1) is 28.5. The Balaban J connectivity index is 1.70. The van der Waals surface area contributed by atoms with Crippen molar-refractivity contribution in [3.8, 4) is 17.2 Å². The number of amides is 4. The van der Waals surface area contributed by atoms with E-state index in [9.17, 15) is 44.7 Å². The van der Waals surface area contributed by atoms with Crippen LogP contribution in [0.1, 0.15) is 5.56 Å². The first-order valence-corrected chi connectivity index (χ1v) is 12.1. The average molecular weight is 675 g/mol. The van der Waals surface area contributed by atoms with E-state index in [2.05, 4.69) is 0 Å². The van der Waals surface area contributed by atoms with E-state index in [1.165, 1.54) is 37.5 Å². The molecule has 41 heavy (non-hydrogen) atoms. The Morgan fingerprint density at radius 1 is 0.854 bits per heavy atom. The largest absolute Gasteiger partial charge is 0.493 e. The molecule has 4 rings (SSSR count). The lowest BCUT2D eigenvalue weighted by Gasteiger charge is -2.26. The maximum absolute atomic E-state index is 13.2. The van der Waals surface area contributed by atoms with Gasteiger partial charge in [0.25, 0.3) is 23.2 Å². The Morgan fingerprint density at radius 2 is 1.49 bits per heavy atom. The number of nitrogens with one attached hydrogen (secondary N) is 1. The molecule has 0 atom stereocenters. The van der Waals surface area contributed by atoms with Crippen LogP contribution in [0.2, 0.25) is 0 Å². The van der Waals surface area contributed by atoms with Gasteiger partial charge in [0.15, 0.2) is 11.5 Å². The second kappa shape index (κ2) is 11.3. The fourth-order valence-electron chi connectivity index (χ4n) is 3.66. The molecule has 16 nitrogen and oxygen atoms in total. The second-order valence-electron chi connectivity index (χ2n) is 8.03. The van der Waals surface area contributed by atoms with Gasteiger partial charge in [0.2, 0.25) is 5.75 Å². The zero-order valence-corrected chi connectivity index (χ0v) is 22.6. The molecular weight excluding hydrogens is 661 g/mol. The van der Waals surface area contributed by atoms with Crippen molar-refractivity contribution in [1.29, 1.82) is 0 Å². The number of hydrogen-bond donors (Lipinski definition) is 1. The van der Waals surface area contributed by atoms with Crippen LogP contribution >= 0.6 is 22.6 Å². The Bertz CT molecular complexity index is 1690. The molecule has 0 spiro atoms. The number of benzene rings is 3. The number of nitrogens with zero attached hydrogens (tertiary/aromatic N) is 4. The highest BCUT2D eigenvalue weighted by Crippen LogP contribution is 2.41. The van der Waals surface area contributed by atoms with Crippen molar-refractivity contribution in [2.75, 3.05) is 12.0 Å². The number of non-ortho nitro benzene ring substituents is 2. The highest BCUT2D eigenvalue weighted by atomic mass is 127. The van der Waals surface area contributed by atoms with Crippen LogP contribution in [0.3, 0.4) is 0 Å². The zero-order chi connectivity index (χ0) is 30.0. The van der Waals surface area contributed by atoms with Crippen molar-refractivity contribution in [1.82, 2.24) is 5.32 Å². The summed E-state index contributed by atoms with van der Waals surface area (Å²) in [5, 5.41) is 35.5. The third kappa shape index (κ3) is 5.78. The molecule has 3 aromatic rings. The Kier molecular flexibility index (Phi) is 7.89. The summed E-state index contributed by atoms with van der Waals surface area (Å²) < 4.78 is 11.3. The molecule has 17 heteroatoms. The van der Waals surface area contributed by atoms with Crippen molar-refractivity contribution < 1.29 is 38.6 Å². The SMILES string of the molecule is COc1cc(/C=C2\C(=O)NC(=O)N(c3ccc([N+](=O)[O-])cc3)C2=O)cc(I)c1Oc1ccc([N+](=O)[O-])cc1[N+](=O)[O-]. The molecule has 0 aliphatic carbocycles. The molecular formula is C24H14IN5O11. The molecule has 1 aliphatic heterocycles. The number of rotatable bonds is 8. The Hall–Kier alpha value is -5.46. The van der Waals surface area contributed by atoms with Crippen molar-refractivity contribution in [3.63, 3.8) is 0 Å². The molecule has 1 N–H and O–H groups in total. The molecule has 0 radical (unpaired) electrons. The van der Waals surface area contributed by atoms with Crippen LogP contribution in [0.4, 0.5) is 27.5 Å².